The van der Waals surface area contributed by atoms with E-state index >= 15 is 0 Å². The van der Waals surface area contributed by atoms with Crippen LogP contribution in [0.5, 0.6) is 0 Å². The highest BCUT2D eigenvalue weighted by atomic mass is 32.2. The molecule has 3 unspecified atom stereocenters. The van der Waals surface area contributed by atoms with Gasteiger partial charge in [0.1, 0.15) is 0 Å². The van der Waals surface area contributed by atoms with Crippen LogP contribution in [0.4, 0.5) is 0 Å². The predicted octanol–water partition coefficient (Wildman–Crippen LogP) is 2.71. The summed E-state index contributed by atoms with van der Waals surface area (Å²) in [5.74, 6) is 2.55. The zero-order valence-electron chi connectivity index (χ0n) is 15.3. The van der Waals surface area contributed by atoms with Crippen molar-refractivity contribution in [1.82, 2.24) is 10.6 Å². The van der Waals surface area contributed by atoms with Gasteiger partial charge in [0.05, 0.1) is 17.9 Å². The van der Waals surface area contributed by atoms with E-state index in [1.165, 1.54) is 37.4 Å². The quantitative estimate of drug-likeness (QED) is 0.514. The zero-order valence-corrected chi connectivity index (χ0v) is 16.1. The molecule has 0 aliphatic heterocycles. The van der Waals surface area contributed by atoms with Gasteiger partial charge in [-0.05, 0) is 49.1 Å². The third-order valence-electron chi connectivity index (χ3n) is 5.53. The van der Waals surface area contributed by atoms with Crippen LogP contribution in [0, 0.1) is 17.8 Å². The number of hydrogen-bond acceptors (Lipinski definition) is 4. The van der Waals surface area contributed by atoms with Crippen molar-refractivity contribution in [2.45, 2.75) is 30.6 Å². The van der Waals surface area contributed by atoms with E-state index in [4.69, 9.17) is 4.74 Å². The van der Waals surface area contributed by atoms with Crippen molar-refractivity contribution in [3.63, 3.8) is 0 Å². The molecule has 1 aromatic carbocycles. The lowest BCUT2D eigenvalue weighted by molar-refractivity contribution is -0.118. The van der Waals surface area contributed by atoms with Crippen LogP contribution < -0.4 is 10.6 Å². The average molecular weight is 377 g/mol. The van der Waals surface area contributed by atoms with Crippen molar-refractivity contribution < 1.29 is 14.3 Å². The largest absolute Gasteiger partial charge is 0.383 e. The van der Waals surface area contributed by atoms with Gasteiger partial charge >= 0.3 is 0 Å². The molecular weight excluding hydrogens is 348 g/mol. The van der Waals surface area contributed by atoms with Crippen molar-refractivity contribution in [3.05, 3.63) is 29.8 Å². The predicted molar refractivity (Wildman–Crippen MR) is 103 cm³/mol. The first-order chi connectivity index (χ1) is 12.7. The lowest BCUT2D eigenvalue weighted by atomic mass is 9.89. The van der Waals surface area contributed by atoms with Gasteiger partial charge in [0.25, 0.3) is 5.91 Å². The molecule has 0 spiro atoms. The summed E-state index contributed by atoms with van der Waals surface area (Å²) in [7, 11) is 1.60. The maximum absolute atomic E-state index is 12.6. The maximum atomic E-state index is 12.6. The van der Waals surface area contributed by atoms with Crippen LogP contribution in [-0.4, -0.2) is 44.4 Å². The molecule has 2 aliphatic rings. The standard InChI is InChI=1S/C20H28N2O3S/c1-25-9-8-21-19(23)13-26-18-5-3-2-4-17(18)20(24)22-12-16-11-14-6-7-15(16)10-14/h2-5,14-16H,6-13H2,1H3,(H,21,23)(H,22,24). The second-order valence-electron chi connectivity index (χ2n) is 7.27. The Balaban J connectivity index is 1.49. The molecule has 2 saturated carbocycles. The number of fused-ring (bicyclic) bond motifs is 2. The van der Waals surface area contributed by atoms with Crippen LogP contribution in [0.1, 0.15) is 36.0 Å². The minimum Gasteiger partial charge on any atom is -0.383 e. The van der Waals surface area contributed by atoms with E-state index < -0.39 is 0 Å². The van der Waals surface area contributed by atoms with Crippen molar-refractivity contribution in [3.8, 4) is 0 Å². The zero-order chi connectivity index (χ0) is 18.4. The Bertz CT molecular complexity index is 637. The monoisotopic (exact) mass is 376 g/mol. The van der Waals surface area contributed by atoms with Gasteiger partial charge in [0, 0.05) is 25.1 Å². The number of methoxy groups -OCH3 is 1. The SMILES string of the molecule is COCCNC(=O)CSc1ccccc1C(=O)NCC1CC2CCC1C2. The molecule has 2 bridgehead atoms. The fourth-order valence-electron chi connectivity index (χ4n) is 4.21. The molecule has 2 amide bonds. The molecule has 2 aliphatic carbocycles. The van der Waals surface area contributed by atoms with Gasteiger partial charge in [-0.3, -0.25) is 9.59 Å². The van der Waals surface area contributed by atoms with Gasteiger partial charge in [-0.25, -0.2) is 0 Å². The topological polar surface area (TPSA) is 67.4 Å². The van der Waals surface area contributed by atoms with Gasteiger partial charge in [-0.1, -0.05) is 18.6 Å². The van der Waals surface area contributed by atoms with E-state index in [1.807, 2.05) is 24.3 Å². The number of nitrogens with one attached hydrogen (secondary N) is 2. The van der Waals surface area contributed by atoms with Crippen LogP contribution in [0.15, 0.2) is 29.2 Å². The molecule has 1 aromatic rings. The molecule has 2 N–H and O–H groups in total. The summed E-state index contributed by atoms with van der Waals surface area (Å²) in [5, 5.41) is 5.92. The van der Waals surface area contributed by atoms with Gasteiger partial charge in [0.2, 0.25) is 5.91 Å². The fourth-order valence-corrected chi connectivity index (χ4v) is 5.09. The number of rotatable bonds is 9. The van der Waals surface area contributed by atoms with Crippen LogP contribution in [0.25, 0.3) is 0 Å². The normalized spacial score (nSPS) is 23.8. The third-order valence-corrected chi connectivity index (χ3v) is 6.60. The van der Waals surface area contributed by atoms with Crippen LogP contribution >= 0.6 is 11.8 Å². The molecule has 2 fully saturated rings. The molecule has 26 heavy (non-hydrogen) atoms. The Morgan fingerprint density at radius 3 is 2.77 bits per heavy atom. The first-order valence-corrected chi connectivity index (χ1v) is 10.4. The van der Waals surface area contributed by atoms with Gasteiger partial charge < -0.3 is 15.4 Å². The number of ether oxygens (including phenoxy) is 1. The molecule has 6 heteroatoms. The van der Waals surface area contributed by atoms with Gasteiger partial charge in [-0.2, -0.15) is 0 Å². The lowest BCUT2D eigenvalue weighted by Crippen LogP contribution is -2.32. The summed E-state index contributed by atoms with van der Waals surface area (Å²) in [5.41, 5.74) is 0.658. The summed E-state index contributed by atoms with van der Waals surface area (Å²) in [4.78, 5) is 25.3. The Kier molecular flexibility index (Phi) is 6.97. The Morgan fingerprint density at radius 1 is 1.19 bits per heavy atom. The van der Waals surface area contributed by atoms with Crippen LogP contribution in [0.2, 0.25) is 0 Å². The van der Waals surface area contributed by atoms with Crippen molar-refractivity contribution >= 4 is 23.6 Å². The van der Waals surface area contributed by atoms with E-state index in [-0.39, 0.29) is 11.8 Å². The Labute approximate surface area is 159 Å². The number of hydrogen-bond donors (Lipinski definition) is 2. The Hall–Kier alpha value is -1.53. The number of carbonyl (C=O) groups is 2. The molecule has 5 nitrogen and oxygen atoms in total. The highest BCUT2D eigenvalue weighted by Gasteiger charge is 2.39. The second kappa shape index (κ2) is 9.42. The smallest absolute Gasteiger partial charge is 0.252 e. The van der Waals surface area contributed by atoms with E-state index in [1.54, 1.807) is 7.11 Å². The van der Waals surface area contributed by atoms with E-state index in [9.17, 15) is 9.59 Å². The molecule has 0 heterocycles. The number of benzene rings is 1. The molecule has 3 rings (SSSR count). The van der Waals surface area contributed by atoms with Crippen molar-refractivity contribution in [1.29, 1.82) is 0 Å². The minimum absolute atomic E-state index is 0.0318. The van der Waals surface area contributed by atoms with Gasteiger partial charge in [0.15, 0.2) is 0 Å². The number of thioether (sulfide) groups is 1. The summed E-state index contributed by atoms with van der Waals surface area (Å²) >= 11 is 1.40. The van der Waals surface area contributed by atoms with E-state index in [0.29, 0.717) is 30.4 Å². The van der Waals surface area contributed by atoms with E-state index in [0.717, 1.165) is 23.3 Å². The average Bonchev–Trinajstić information content (AvgIpc) is 3.28. The highest BCUT2D eigenvalue weighted by molar-refractivity contribution is 8.00. The van der Waals surface area contributed by atoms with Crippen LogP contribution in [-0.2, 0) is 9.53 Å². The highest BCUT2D eigenvalue weighted by Crippen LogP contribution is 2.47. The summed E-state index contributed by atoms with van der Waals surface area (Å²) in [6.07, 6.45) is 5.32. The third kappa shape index (κ3) is 5.01. The minimum atomic E-state index is -0.0516. The first kappa shape index (κ1) is 19.2. The summed E-state index contributed by atoms with van der Waals surface area (Å²) in [6, 6.07) is 7.51. The van der Waals surface area contributed by atoms with Crippen molar-refractivity contribution in [2.24, 2.45) is 17.8 Å². The second-order valence-corrected chi connectivity index (χ2v) is 8.29. The van der Waals surface area contributed by atoms with E-state index in [2.05, 4.69) is 10.6 Å². The molecule has 0 aromatic heterocycles. The van der Waals surface area contributed by atoms with Crippen LogP contribution in [0.3, 0.4) is 0 Å². The molecule has 3 atom stereocenters. The summed E-state index contributed by atoms with van der Waals surface area (Å²) in [6.45, 7) is 1.77. The molecule has 0 radical (unpaired) electrons. The molecule has 142 valence electrons. The maximum Gasteiger partial charge on any atom is 0.252 e. The molecule has 0 saturated heterocycles. The molecular formula is C20H28N2O3S. The fraction of sp³-hybridized carbons (Fsp3) is 0.600. The Morgan fingerprint density at radius 2 is 2.04 bits per heavy atom. The number of carbonyl (C=O) groups excluding carboxylic acids is 2. The summed E-state index contributed by atoms with van der Waals surface area (Å²) < 4.78 is 4.92. The van der Waals surface area contributed by atoms with Gasteiger partial charge in [-0.15, -0.1) is 11.8 Å². The lowest BCUT2D eigenvalue weighted by Gasteiger charge is -2.22. The van der Waals surface area contributed by atoms with Crippen molar-refractivity contribution in [2.75, 3.05) is 32.6 Å². The first-order valence-electron chi connectivity index (χ1n) is 9.43. The number of amides is 2.